The lowest BCUT2D eigenvalue weighted by Crippen LogP contribution is -2.47. The van der Waals surface area contributed by atoms with Crippen molar-refractivity contribution in [2.75, 3.05) is 25.1 Å². The van der Waals surface area contributed by atoms with Crippen molar-refractivity contribution in [1.29, 1.82) is 0 Å². The summed E-state index contributed by atoms with van der Waals surface area (Å²) < 4.78 is 5.37. The van der Waals surface area contributed by atoms with Crippen molar-refractivity contribution in [3.05, 3.63) is 65.2 Å². The third kappa shape index (κ3) is 4.06. The topological polar surface area (TPSA) is 58.6 Å². The lowest BCUT2D eigenvalue weighted by molar-refractivity contribution is 0.00359. The second kappa shape index (κ2) is 7.49. The molecule has 5 heteroatoms. The SMILES string of the molecule is Cc1ccc(C(=O)Nc2ccc(C(=O)N3CCOCC3C)cc2)cc1. The van der Waals surface area contributed by atoms with Crippen LogP contribution in [0.1, 0.15) is 33.2 Å². The summed E-state index contributed by atoms with van der Waals surface area (Å²) in [6.07, 6.45) is 0. The molecule has 1 atom stereocenters. The summed E-state index contributed by atoms with van der Waals surface area (Å²) in [6, 6.07) is 14.5. The van der Waals surface area contributed by atoms with Crippen LogP contribution in [0.5, 0.6) is 0 Å². The molecule has 5 nitrogen and oxygen atoms in total. The number of amides is 2. The summed E-state index contributed by atoms with van der Waals surface area (Å²) in [5.41, 5.74) is 2.99. The van der Waals surface area contributed by atoms with Gasteiger partial charge in [-0.15, -0.1) is 0 Å². The van der Waals surface area contributed by atoms with Gasteiger partial charge in [-0.3, -0.25) is 9.59 Å². The maximum absolute atomic E-state index is 12.6. The van der Waals surface area contributed by atoms with E-state index in [1.165, 1.54) is 0 Å². The van der Waals surface area contributed by atoms with E-state index in [1.54, 1.807) is 36.4 Å². The maximum atomic E-state index is 12.6. The predicted molar refractivity (Wildman–Crippen MR) is 96.9 cm³/mol. The number of morpholine rings is 1. The average Bonchev–Trinajstić information content (AvgIpc) is 2.63. The summed E-state index contributed by atoms with van der Waals surface area (Å²) in [5.74, 6) is -0.173. The minimum Gasteiger partial charge on any atom is -0.377 e. The number of benzene rings is 2. The maximum Gasteiger partial charge on any atom is 0.255 e. The van der Waals surface area contributed by atoms with Gasteiger partial charge in [-0.05, 0) is 50.2 Å². The van der Waals surface area contributed by atoms with E-state index in [4.69, 9.17) is 4.74 Å². The quantitative estimate of drug-likeness (QED) is 0.935. The summed E-state index contributed by atoms with van der Waals surface area (Å²) in [7, 11) is 0. The van der Waals surface area contributed by atoms with Crippen molar-refractivity contribution in [1.82, 2.24) is 4.90 Å². The molecule has 1 heterocycles. The van der Waals surface area contributed by atoms with E-state index in [9.17, 15) is 9.59 Å². The standard InChI is InChI=1S/C20H22N2O3/c1-14-3-5-16(6-4-14)19(23)21-18-9-7-17(8-10-18)20(24)22-11-12-25-13-15(22)2/h3-10,15H,11-13H2,1-2H3,(H,21,23). The molecule has 2 aromatic carbocycles. The molecule has 0 bridgehead atoms. The molecule has 1 aliphatic rings. The van der Waals surface area contributed by atoms with Crippen LogP contribution in [-0.4, -0.2) is 42.5 Å². The lowest BCUT2D eigenvalue weighted by Gasteiger charge is -2.33. The fourth-order valence-electron chi connectivity index (χ4n) is 2.80. The summed E-state index contributed by atoms with van der Waals surface area (Å²) >= 11 is 0. The first-order chi connectivity index (χ1) is 12.0. The van der Waals surface area contributed by atoms with Crippen LogP contribution in [0.25, 0.3) is 0 Å². The first kappa shape index (κ1) is 17.2. The number of nitrogens with zero attached hydrogens (tertiary/aromatic N) is 1. The van der Waals surface area contributed by atoms with Crippen LogP contribution >= 0.6 is 0 Å². The van der Waals surface area contributed by atoms with Gasteiger partial charge in [0.25, 0.3) is 11.8 Å². The number of aryl methyl sites for hydroxylation is 1. The largest absolute Gasteiger partial charge is 0.377 e. The van der Waals surface area contributed by atoms with Crippen molar-refractivity contribution >= 4 is 17.5 Å². The molecule has 1 unspecified atom stereocenters. The van der Waals surface area contributed by atoms with E-state index < -0.39 is 0 Å². The predicted octanol–water partition coefficient (Wildman–Crippen LogP) is 3.11. The smallest absolute Gasteiger partial charge is 0.255 e. The van der Waals surface area contributed by atoms with E-state index in [0.717, 1.165) is 5.56 Å². The Hall–Kier alpha value is -2.66. The molecular formula is C20H22N2O3. The van der Waals surface area contributed by atoms with Crippen LogP contribution < -0.4 is 5.32 Å². The molecule has 1 aliphatic heterocycles. The van der Waals surface area contributed by atoms with Gasteiger partial charge in [0.15, 0.2) is 0 Å². The van der Waals surface area contributed by atoms with Crippen LogP contribution in [0.15, 0.2) is 48.5 Å². The molecule has 0 saturated carbocycles. The van der Waals surface area contributed by atoms with Gasteiger partial charge in [-0.25, -0.2) is 0 Å². The highest BCUT2D eigenvalue weighted by molar-refractivity contribution is 6.04. The third-order valence-corrected chi connectivity index (χ3v) is 4.33. The summed E-state index contributed by atoms with van der Waals surface area (Å²) in [4.78, 5) is 26.6. The molecule has 1 N–H and O–H groups in total. The fraction of sp³-hybridized carbons (Fsp3) is 0.300. The van der Waals surface area contributed by atoms with Gasteiger partial charge in [-0.2, -0.15) is 0 Å². The Morgan fingerprint density at radius 2 is 1.68 bits per heavy atom. The van der Waals surface area contributed by atoms with Gasteiger partial charge in [0, 0.05) is 23.4 Å². The number of carbonyl (C=O) groups is 2. The van der Waals surface area contributed by atoms with Crippen molar-refractivity contribution in [2.24, 2.45) is 0 Å². The number of carbonyl (C=O) groups excluding carboxylic acids is 2. The Labute approximate surface area is 147 Å². The molecule has 1 fully saturated rings. The summed E-state index contributed by atoms with van der Waals surface area (Å²) in [6.45, 7) is 5.70. The molecule has 0 spiro atoms. The van der Waals surface area contributed by atoms with E-state index in [-0.39, 0.29) is 17.9 Å². The zero-order valence-corrected chi connectivity index (χ0v) is 14.5. The van der Waals surface area contributed by atoms with Crippen LogP contribution in [-0.2, 0) is 4.74 Å². The van der Waals surface area contributed by atoms with E-state index in [0.29, 0.717) is 36.6 Å². The molecule has 25 heavy (non-hydrogen) atoms. The zero-order valence-electron chi connectivity index (χ0n) is 14.5. The van der Waals surface area contributed by atoms with Gasteiger partial charge in [-0.1, -0.05) is 17.7 Å². The normalized spacial score (nSPS) is 17.2. The highest BCUT2D eigenvalue weighted by Gasteiger charge is 2.24. The minimum absolute atomic E-state index is 0.00721. The van der Waals surface area contributed by atoms with Crippen molar-refractivity contribution in [3.63, 3.8) is 0 Å². The highest BCUT2D eigenvalue weighted by Crippen LogP contribution is 2.16. The molecule has 3 rings (SSSR count). The van der Waals surface area contributed by atoms with E-state index in [2.05, 4.69) is 5.32 Å². The Morgan fingerprint density at radius 1 is 1.04 bits per heavy atom. The van der Waals surface area contributed by atoms with Gasteiger partial charge in [0.1, 0.15) is 0 Å². The van der Waals surface area contributed by atoms with E-state index >= 15 is 0 Å². The average molecular weight is 338 g/mol. The van der Waals surface area contributed by atoms with Gasteiger partial charge < -0.3 is 15.0 Å². The lowest BCUT2D eigenvalue weighted by atomic mass is 10.1. The molecule has 0 aliphatic carbocycles. The number of ether oxygens (including phenoxy) is 1. The molecule has 0 aromatic heterocycles. The number of rotatable bonds is 3. The second-order valence-electron chi connectivity index (χ2n) is 6.32. The highest BCUT2D eigenvalue weighted by atomic mass is 16.5. The molecule has 1 saturated heterocycles. The number of hydrogen-bond donors (Lipinski definition) is 1. The van der Waals surface area contributed by atoms with Gasteiger partial charge in [0.2, 0.25) is 0 Å². The molecule has 2 aromatic rings. The Balaban J connectivity index is 1.66. The van der Waals surface area contributed by atoms with Crippen LogP contribution in [0.2, 0.25) is 0 Å². The molecule has 2 amide bonds. The number of hydrogen-bond acceptors (Lipinski definition) is 3. The molecule has 130 valence electrons. The molecule has 0 radical (unpaired) electrons. The van der Waals surface area contributed by atoms with Crippen molar-refractivity contribution in [2.45, 2.75) is 19.9 Å². The van der Waals surface area contributed by atoms with Crippen LogP contribution in [0, 0.1) is 6.92 Å². The van der Waals surface area contributed by atoms with Gasteiger partial charge in [0.05, 0.1) is 19.3 Å². The van der Waals surface area contributed by atoms with Crippen molar-refractivity contribution in [3.8, 4) is 0 Å². The first-order valence-corrected chi connectivity index (χ1v) is 8.41. The zero-order chi connectivity index (χ0) is 17.8. The monoisotopic (exact) mass is 338 g/mol. The van der Waals surface area contributed by atoms with Crippen LogP contribution in [0.3, 0.4) is 0 Å². The Kier molecular flexibility index (Phi) is 5.14. The molecular weight excluding hydrogens is 316 g/mol. The summed E-state index contributed by atoms with van der Waals surface area (Å²) in [5, 5.41) is 2.85. The third-order valence-electron chi connectivity index (χ3n) is 4.33. The van der Waals surface area contributed by atoms with Crippen LogP contribution in [0.4, 0.5) is 5.69 Å². The number of anilines is 1. The van der Waals surface area contributed by atoms with Crippen molar-refractivity contribution < 1.29 is 14.3 Å². The fourth-order valence-corrected chi connectivity index (χ4v) is 2.80. The number of nitrogens with one attached hydrogen (secondary N) is 1. The first-order valence-electron chi connectivity index (χ1n) is 8.41. The van der Waals surface area contributed by atoms with E-state index in [1.807, 2.05) is 30.9 Å². The Morgan fingerprint density at radius 3 is 2.32 bits per heavy atom. The minimum atomic E-state index is -0.166. The Bertz CT molecular complexity index is 754. The van der Waals surface area contributed by atoms with Gasteiger partial charge >= 0.3 is 0 Å². The second-order valence-corrected chi connectivity index (χ2v) is 6.32.